The van der Waals surface area contributed by atoms with Gasteiger partial charge in [-0.05, 0) is 59.4 Å². The fraction of sp³-hybridized carbons (Fsp3) is 0.640. The molecule has 0 saturated carbocycles. The molecular weight excluding hydrogens is 396 g/mol. The van der Waals surface area contributed by atoms with Crippen LogP contribution < -0.4 is 0 Å². The van der Waals surface area contributed by atoms with Crippen molar-refractivity contribution in [2.45, 2.75) is 91.8 Å². The zero-order chi connectivity index (χ0) is 23.2. The second kappa shape index (κ2) is 11.2. The zero-order valence-corrected chi connectivity index (χ0v) is 21.0. The summed E-state index contributed by atoms with van der Waals surface area (Å²) < 4.78 is 29.5. The first kappa shape index (κ1) is 26.6. The number of benzene rings is 1. The van der Waals surface area contributed by atoms with Crippen molar-refractivity contribution in [1.82, 2.24) is 0 Å². The van der Waals surface area contributed by atoms with Gasteiger partial charge in [0.2, 0.25) is 0 Å². The molecule has 4 nitrogen and oxygen atoms in total. The lowest BCUT2D eigenvalue weighted by atomic mass is 9.82. The van der Waals surface area contributed by atoms with E-state index in [9.17, 15) is 13.2 Å². The van der Waals surface area contributed by atoms with Crippen molar-refractivity contribution in [2.75, 3.05) is 12.0 Å². The molecule has 0 bridgehead atoms. The maximum Gasteiger partial charge on any atom is 0.151 e. The Kier molecular flexibility index (Phi) is 9.96. The molecule has 2 atom stereocenters. The predicted octanol–water partition coefficient (Wildman–Crippen LogP) is 6.08. The molecule has 0 amide bonds. The van der Waals surface area contributed by atoms with Gasteiger partial charge in [0, 0.05) is 12.7 Å². The first-order chi connectivity index (χ1) is 13.8. The molecule has 2 unspecified atom stereocenters. The van der Waals surface area contributed by atoms with Gasteiger partial charge in [-0.25, -0.2) is 8.42 Å². The molecular formula is C25H40O4S. The Balaban J connectivity index is 3.42. The van der Waals surface area contributed by atoms with Gasteiger partial charge in [0.1, 0.15) is 6.29 Å². The van der Waals surface area contributed by atoms with Crippen LogP contribution in [0.5, 0.6) is 0 Å². The third-order valence-electron chi connectivity index (χ3n) is 5.48. The molecule has 5 heteroatoms. The molecule has 170 valence electrons. The maximum absolute atomic E-state index is 11.5. The summed E-state index contributed by atoms with van der Waals surface area (Å²) in [6.07, 6.45) is 3.25. The van der Waals surface area contributed by atoms with Crippen LogP contribution in [-0.2, 0) is 19.4 Å². The standard InChI is InChI=1S/C25H40O4S/c1-16(2)21-14-22(17(3)4)25(23(15-21)18(5)6)20(8)29-24(10-12-26)19(7)11-13-30(9,27)28/h11-12,14-18,20,24H,10,13H2,1-9H3/b19-11-. The first-order valence-corrected chi connectivity index (χ1v) is 13.0. The molecule has 0 aliphatic rings. The average Bonchev–Trinajstić information content (AvgIpc) is 2.63. The van der Waals surface area contributed by atoms with Gasteiger partial charge in [0.25, 0.3) is 0 Å². The van der Waals surface area contributed by atoms with Crippen molar-refractivity contribution in [1.29, 1.82) is 0 Å². The second-order valence-electron chi connectivity index (χ2n) is 9.29. The third kappa shape index (κ3) is 7.66. The van der Waals surface area contributed by atoms with Crippen LogP contribution in [0.2, 0.25) is 0 Å². The molecule has 30 heavy (non-hydrogen) atoms. The van der Waals surface area contributed by atoms with Gasteiger partial charge in [0.15, 0.2) is 9.84 Å². The van der Waals surface area contributed by atoms with E-state index < -0.39 is 15.9 Å². The highest BCUT2D eigenvalue weighted by atomic mass is 32.2. The first-order valence-electron chi connectivity index (χ1n) is 10.9. The average molecular weight is 437 g/mol. The molecule has 0 N–H and O–H groups in total. The van der Waals surface area contributed by atoms with Crippen LogP contribution in [0.25, 0.3) is 0 Å². The van der Waals surface area contributed by atoms with Gasteiger partial charge in [0.05, 0.1) is 18.0 Å². The van der Waals surface area contributed by atoms with Crippen LogP contribution >= 0.6 is 0 Å². The highest BCUT2D eigenvalue weighted by Crippen LogP contribution is 2.38. The third-order valence-corrected chi connectivity index (χ3v) is 6.25. The molecule has 0 spiro atoms. The molecule has 1 rings (SSSR count). The van der Waals surface area contributed by atoms with E-state index in [1.54, 1.807) is 6.08 Å². The lowest BCUT2D eigenvalue weighted by Gasteiger charge is -2.29. The highest BCUT2D eigenvalue weighted by Gasteiger charge is 2.24. The molecule has 0 fully saturated rings. The van der Waals surface area contributed by atoms with Gasteiger partial charge in [-0.1, -0.05) is 59.8 Å². The van der Waals surface area contributed by atoms with E-state index in [-0.39, 0.29) is 18.3 Å². The van der Waals surface area contributed by atoms with Crippen molar-refractivity contribution in [3.05, 3.63) is 46.0 Å². The summed E-state index contributed by atoms with van der Waals surface area (Å²) >= 11 is 0. The lowest BCUT2D eigenvalue weighted by Crippen LogP contribution is -2.21. The van der Waals surface area contributed by atoms with Crippen LogP contribution in [0.3, 0.4) is 0 Å². The number of carbonyl (C=O) groups is 1. The number of carbonyl (C=O) groups excluding carboxylic acids is 1. The number of rotatable bonds is 11. The largest absolute Gasteiger partial charge is 0.366 e. The van der Waals surface area contributed by atoms with Crippen molar-refractivity contribution in [3.8, 4) is 0 Å². The second-order valence-corrected chi connectivity index (χ2v) is 11.5. The molecule has 0 aliphatic heterocycles. The maximum atomic E-state index is 11.5. The van der Waals surface area contributed by atoms with Crippen LogP contribution in [-0.4, -0.2) is 32.8 Å². The number of aldehydes is 1. The summed E-state index contributed by atoms with van der Waals surface area (Å²) in [6.45, 7) is 17.1. The minimum atomic E-state index is -3.12. The van der Waals surface area contributed by atoms with E-state index in [0.29, 0.717) is 17.8 Å². The monoisotopic (exact) mass is 436 g/mol. The van der Waals surface area contributed by atoms with E-state index in [1.807, 2.05) is 13.8 Å². The number of ether oxygens (including phenoxy) is 1. The fourth-order valence-corrected chi connectivity index (χ4v) is 4.21. The van der Waals surface area contributed by atoms with Gasteiger partial charge >= 0.3 is 0 Å². The zero-order valence-electron chi connectivity index (χ0n) is 20.2. The van der Waals surface area contributed by atoms with Crippen molar-refractivity contribution >= 4 is 16.1 Å². The SMILES string of the molecule is C/C(=C/CS(C)(=O)=O)C(CC=O)OC(C)c1c(C(C)C)cc(C(C)C)cc1C(C)C. The lowest BCUT2D eigenvalue weighted by molar-refractivity contribution is -0.110. The molecule has 1 aromatic rings. The number of hydrogen-bond donors (Lipinski definition) is 0. The van der Waals surface area contributed by atoms with Gasteiger partial charge in [-0.15, -0.1) is 0 Å². The quantitative estimate of drug-likeness (QED) is 0.311. The molecule has 0 heterocycles. The van der Waals surface area contributed by atoms with Gasteiger partial charge < -0.3 is 9.53 Å². The Morgan fingerprint density at radius 2 is 1.47 bits per heavy atom. The van der Waals surface area contributed by atoms with Crippen molar-refractivity contribution < 1.29 is 17.9 Å². The van der Waals surface area contributed by atoms with E-state index in [0.717, 1.165) is 11.9 Å². The Morgan fingerprint density at radius 1 is 0.967 bits per heavy atom. The van der Waals surface area contributed by atoms with E-state index in [2.05, 4.69) is 53.7 Å². The van der Waals surface area contributed by atoms with Crippen LogP contribution in [0, 0.1) is 0 Å². The minimum absolute atomic E-state index is 0.0521. The topological polar surface area (TPSA) is 60.4 Å². The summed E-state index contributed by atoms with van der Waals surface area (Å²) in [7, 11) is -3.12. The van der Waals surface area contributed by atoms with Crippen molar-refractivity contribution in [2.24, 2.45) is 0 Å². The fourth-order valence-electron chi connectivity index (χ4n) is 3.65. The van der Waals surface area contributed by atoms with Crippen LogP contribution in [0.15, 0.2) is 23.8 Å². The summed E-state index contributed by atoms with van der Waals surface area (Å²) in [5.74, 6) is 1.07. The Morgan fingerprint density at radius 3 is 1.83 bits per heavy atom. The molecule has 0 aliphatic carbocycles. The van der Waals surface area contributed by atoms with E-state index in [4.69, 9.17) is 4.74 Å². The summed E-state index contributed by atoms with van der Waals surface area (Å²) in [5, 5.41) is 0. The van der Waals surface area contributed by atoms with Gasteiger partial charge in [-0.2, -0.15) is 0 Å². The van der Waals surface area contributed by atoms with Gasteiger partial charge in [-0.3, -0.25) is 0 Å². The number of hydrogen-bond acceptors (Lipinski definition) is 4. The Labute approximate surface area is 184 Å². The predicted molar refractivity (Wildman–Crippen MR) is 126 cm³/mol. The number of sulfone groups is 1. The normalized spacial score (nSPS) is 15.1. The van der Waals surface area contributed by atoms with Crippen LogP contribution in [0.1, 0.15) is 108 Å². The summed E-state index contributed by atoms with van der Waals surface area (Å²) in [5.41, 5.74) is 5.85. The van der Waals surface area contributed by atoms with Crippen LogP contribution in [0.4, 0.5) is 0 Å². The molecule has 0 aromatic heterocycles. The van der Waals surface area contributed by atoms with Crippen molar-refractivity contribution in [3.63, 3.8) is 0 Å². The summed E-state index contributed by atoms with van der Waals surface area (Å²) in [6, 6.07) is 4.58. The summed E-state index contributed by atoms with van der Waals surface area (Å²) in [4.78, 5) is 11.3. The van der Waals surface area contributed by atoms with E-state index >= 15 is 0 Å². The Hall–Kier alpha value is -1.46. The van der Waals surface area contributed by atoms with E-state index in [1.165, 1.54) is 28.5 Å². The Bertz CT molecular complexity index is 819. The smallest absolute Gasteiger partial charge is 0.151 e. The molecule has 1 aromatic carbocycles. The molecule has 0 radical (unpaired) electrons. The highest BCUT2D eigenvalue weighted by molar-refractivity contribution is 7.90. The molecule has 0 saturated heterocycles. The minimum Gasteiger partial charge on any atom is -0.366 e.